The van der Waals surface area contributed by atoms with E-state index in [1.165, 1.54) is 30.0 Å². The quantitative estimate of drug-likeness (QED) is 0.757. The van der Waals surface area contributed by atoms with E-state index in [2.05, 4.69) is 37.4 Å². The monoisotopic (exact) mass is 377 g/mol. The zero-order valence-electron chi connectivity index (χ0n) is 15.3. The van der Waals surface area contributed by atoms with Crippen LogP contribution in [0.1, 0.15) is 10.4 Å². The summed E-state index contributed by atoms with van der Waals surface area (Å²) in [7, 11) is 0. The normalized spacial score (nSPS) is 14.0. The number of nitrogens with zero attached hydrogens (tertiary/aromatic N) is 4. The Labute approximate surface area is 162 Å². The molecule has 1 amide bonds. The van der Waals surface area contributed by atoms with Gasteiger partial charge in [0.2, 0.25) is 0 Å². The molecule has 7 heteroatoms. The number of amides is 1. The van der Waals surface area contributed by atoms with E-state index in [1.54, 1.807) is 6.07 Å². The third kappa shape index (κ3) is 4.09. The van der Waals surface area contributed by atoms with Gasteiger partial charge in [0.1, 0.15) is 5.82 Å². The average molecular weight is 377 g/mol. The second-order valence-electron chi connectivity index (χ2n) is 6.55. The molecule has 4 rings (SSSR count). The van der Waals surface area contributed by atoms with Gasteiger partial charge in [-0.25, -0.2) is 4.39 Å². The van der Waals surface area contributed by atoms with Crippen molar-refractivity contribution in [2.75, 3.05) is 41.3 Å². The van der Waals surface area contributed by atoms with Crippen LogP contribution in [-0.2, 0) is 0 Å². The van der Waals surface area contributed by atoms with Gasteiger partial charge in [0, 0.05) is 37.4 Å². The molecule has 1 aliphatic heterocycles. The summed E-state index contributed by atoms with van der Waals surface area (Å²) in [5, 5.41) is 11.0. The summed E-state index contributed by atoms with van der Waals surface area (Å²) in [6.07, 6.45) is 0. The summed E-state index contributed by atoms with van der Waals surface area (Å²) in [6.45, 7) is 3.53. The van der Waals surface area contributed by atoms with Crippen LogP contribution in [0.3, 0.4) is 0 Å². The standard InChI is InChI=1S/C21H20FN5O/c22-17-8-6-16(7-9-17)21(28)23-19-10-11-20(25-24-19)27-14-12-26(13-15-27)18-4-2-1-3-5-18/h1-11H,12-15H2,(H,23,24,28). The summed E-state index contributed by atoms with van der Waals surface area (Å²) in [6, 6.07) is 19.3. The topological polar surface area (TPSA) is 61.4 Å². The van der Waals surface area contributed by atoms with Crippen molar-refractivity contribution in [3.8, 4) is 0 Å². The second-order valence-corrected chi connectivity index (χ2v) is 6.55. The summed E-state index contributed by atoms with van der Waals surface area (Å²) in [4.78, 5) is 16.7. The Hall–Kier alpha value is -3.48. The molecule has 1 aromatic heterocycles. The minimum absolute atomic E-state index is 0.349. The first kappa shape index (κ1) is 17.9. The Bertz CT molecular complexity index is 923. The largest absolute Gasteiger partial charge is 0.368 e. The molecule has 0 saturated carbocycles. The average Bonchev–Trinajstić information content (AvgIpc) is 2.75. The summed E-state index contributed by atoms with van der Waals surface area (Å²) >= 11 is 0. The Morgan fingerprint density at radius 2 is 1.50 bits per heavy atom. The van der Waals surface area contributed by atoms with Crippen LogP contribution in [0.5, 0.6) is 0 Å². The molecule has 0 aliphatic carbocycles. The second kappa shape index (κ2) is 8.04. The Kier molecular flexibility index (Phi) is 5.14. The first-order valence-corrected chi connectivity index (χ1v) is 9.15. The summed E-state index contributed by atoms with van der Waals surface area (Å²) < 4.78 is 13.0. The molecule has 0 radical (unpaired) electrons. The lowest BCUT2D eigenvalue weighted by Gasteiger charge is -2.36. The minimum Gasteiger partial charge on any atom is -0.368 e. The highest BCUT2D eigenvalue weighted by Crippen LogP contribution is 2.19. The number of carbonyl (C=O) groups is 1. The van der Waals surface area contributed by atoms with Gasteiger partial charge in [0.15, 0.2) is 11.6 Å². The molecule has 2 aromatic carbocycles. The lowest BCUT2D eigenvalue weighted by atomic mass is 10.2. The summed E-state index contributed by atoms with van der Waals surface area (Å²) in [5.74, 6) is 0.417. The molecule has 142 valence electrons. The smallest absolute Gasteiger partial charge is 0.256 e. The molecule has 1 aliphatic rings. The SMILES string of the molecule is O=C(Nc1ccc(N2CCN(c3ccccc3)CC2)nn1)c1ccc(F)cc1. The van der Waals surface area contributed by atoms with Gasteiger partial charge in [-0.2, -0.15) is 0 Å². The number of aromatic nitrogens is 2. The molecular formula is C21H20FN5O. The van der Waals surface area contributed by atoms with Crippen LogP contribution in [0.4, 0.5) is 21.7 Å². The van der Waals surface area contributed by atoms with Gasteiger partial charge in [0.25, 0.3) is 5.91 Å². The molecule has 6 nitrogen and oxygen atoms in total. The van der Waals surface area contributed by atoms with Crippen LogP contribution < -0.4 is 15.1 Å². The number of nitrogens with one attached hydrogen (secondary N) is 1. The van der Waals surface area contributed by atoms with Gasteiger partial charge < -0.3 is 15.1 Å². The highest BCUT2D eigenvalue weighted by molar-refractivity contribution is 6.03. The van der Waals surface area contributed by atoms with E-state index in [0.29, 0.717) is 11.4 Å². The Morgan fingerprint density at radius 1 is 0.821 bits per heavy atom. The maximum absolute atomic E-state index is 13.0. The van der Waals surface area contributed by atoms with Crippen LogP contribution in [0.25, 0.3) is 0 Å². The molecule has 1 saturated heterocycles. The summed E-state index contributed by atoms with van der Waals surface area (Å²) in [5.41, 5.74) is 1.59. The van der Waals surface area contributed by atoms with Crippen LogP contribution in [0, 0.1) is 5.82 Å². The van der Waals surface area contributed by atoms with Crippen molar-refractivity contribution in [1.82, 2.24) is 10.2 Å². The fraction of sp³-hybridized carbons (Fsp3) is 0.190. The van der Waals surface area contributed by atoms with E-state index in [1.807, 2.05) is 24.3 Å². The predicted molar refractivity (Wildman–Crippen MR) is 107 cm³/mol. The first-order valence-electron chi connectivity index (χ1n) is 9.15. The molecule has 1 N–H and O–H groups in total. The van der Waals surface area contributed by atoms with Crippen molar-refractivity contribution < 1.29 is 9.18 Å². The fourth-order valence-electron chi connectivity index (χ4n) is 3.18. The highest BCUT2D eigenvalue weighted by Gasteiger charge is 2.18. The number of hydrogen-bond donors (Lipinski definition) is 1. The van der Waals surface area contributed by atoms with E-state index >= 15 is 0 Å². The zero-order chi connectivity index (χ0) is 19.3. The molecule has 0 unspecified atom stereocenters. The minimum atomic E-state index is -0.381. The van der Waals surface area contributed by atoms with Crippen LogP contribution in [0.2, 0.25) is 0 Å². The number of anilines is 3. The van der Waals surface area contributed by atoms with Gasteiger partial charge in [-0.3, -0.25) is 4.79 Å². The van der Waals surface area contributed by atoms with E-state index < -0.39 is 0 Å². The zero-order valence-corrected chi connectivity index (χ0v) is 15.3. The van der Waals surface area contributed by atoms with Gasteiger partial charge in [-0.05, 0) is 48.5 Å². The van der Waals surface area contributed by atoms with Crippen LogP contribution >= 0.6 is 0 Å². The van der Waals surface area contributed by atoms with E-state index in [-0.39, 0.29) is 11.7 Å². The molecular weight excluding hydrogens is 357 g/mol. The molecule has 1 fully saturated rings. The molecule has 0 atom stereocenters. The van der Waals surface area contributed by atoms with Crippen molar-refractivity contribution in [3.63, 3.8) is 0 Å². The maximum Gasteiger partial charge on any atom is 0.256 e. The number of piperazine rings is 1. The van der Waals surface area contributed by atoms with Crippen molar-refractivity contribution in [1.29, 1.82) is 0 Å². The molecule has 3 aromatic rings. The third-order valence-corrected chi connectivity index (χ3v) is 4.72. The maximum atomic E-state index is 13.0. The van der Waals surface area contributed by atoms with Gasteiger partial charge >= 0.3 is 0 Å². The molecule has 0 bridgehead atoms. The van der Waals surface area contributed by atoms with Crippen LogP contribution in [0.15, 0.2) is 66.7 Å². The number of rotatable bonds is 4. The Balaban J connectivity index is 1.35. The van der Waals surface area contributed by atoms with Crippen molar-refractivity contribution in [3.05, 3.63) is 78.1 Å². The Morgan fingerprint density at radius 3 is 2.14 bits per heavy atom. The highest BCUT2D eigenvalue weighted by atomic mass is 19.1. The molecule has 0 spiro atoms. The predicted octanol–water partition coefficient (Wildman–Crippen LogP) is 3.19. The molecule has 28 heavy (non-hydrogen) atoms. The number of hydrogen-bond acceptors (Lipinski definition) is 5. The lowest BCUT2D eigenvalue weighted by molar-refractivity contribution is 0.102. The van der Waals surface area contributed by atoms with Gasteiger partial charge in [-0.15, -0.1) is 10.2 Å². The van der Waals surface area contributed by atoms with Crippen LogP contribution in [-0.4, -0.2) is 42.3 Å². The first-order chi connectivity index (χ1) is 13.7. The van der Waals surface area contributed by atoms with E-state index in [0.717, 1.165) is 32.0 Å². The van der Waals surface area contributed by atoms with Crippen molar-refractivity contribution in [2.45, 2.75) is 0 Å². The number of benzene rings is 2. The number of halogens is 1. The van der Waals surface area contributed by atoms with Gasteiger partial charge in [0.05, 0.1) is 0 Å². The lowest BCUT2D eigenvalue weighted by Crippen LogP contribution is -2.46. The van der Waals surface area contributed by atoms with Crippen molar-refractivity contribution >= 4 is 23.2 Å². The third-order valence-electron chi connectivity index (χ3n) is 4.72. The number of carbonyl (C=O) groups excluding carboxylic acids is 1. The fourth-order valence-corrected chi connectivity index (χ4v) is 3.18. The van der Waals surface area contributed by atoms with E-state index in [9.17, 15) is 9.18 Å². The van der Waals surface area contributed by atoms with E-state index in [4.69, 9.17) is 0 Å². The van der Waals surface area contributed by atoms with Gasteiger partial charge in [-0.1, -0.05) is 18.2 Å². The number of para-hydroxylation sites is 1. The van der Waals surface area contributed by atoms with Crippen molar-refractivity contribution in [2.24, 2.45) is 0 Å². The molecule has 2 heterocycles.